The van der Waals surface area contributed by atoms with Gasteiger partial charge in [-0.15, -0.1) is 0 Å². The van der Waals surface area contributed by atoms with Crippen LogP contribution >= 0.6 is 0 Å². The molecule has 2 fully saturated rings. The highest BCUT2D eigenvalue weighted by Gasteiger charge is 2.26. The number of carbonyl (C=O) groups is 1. The SMILES string of the molecule is CS(=O)(=O)N1CCN(CC(=O)N2CCOCC2)CC1. The summed E-state index contributed by atoms with van der Waals surface area (Å²) in [5.74, 6) is 0.108. The van der Waals surface area contributed by atoms with Crippen LogP contribution in [0.5, 0.6) is 0 Å². The van der Waals surface area contributed by atoms with Gasteiger partial charge in [-0.1, -0.05) is 0 Å². The lowest BCUT2D eigenvalue weighted by molar-refractivity contribution is -0.136. The van der Waals surface area contributed by atoms with Crippen LogP contribution in [-0.4, -0.2) is 93.7 Å². The van der Waals surface area contributed by atoms with Crippen LogP contribution in [0.4, 0.5) is 0 Å². The van der Waals surface area contributed by atoms with Crippen molar-refractivity contribution in [3.63, 3.8) is 0 Å². The molecule has 19 heavy (non-hydrogen) atoms. The molecule has 2 rings (SSSR count). The normalized spacial score (nSPS) is 23.5. The zero-order chi connectivity index (χ0) is 13.9. The van der Waals surface area contributed by atoms with E-state index in [4.69, 9.17) is 4.74 Å². The first-order valence-corrected chi connectivity index (χ1v) is 8.34. The second-order valence-corrected chi connectivity index (χ2v) is 6.91. The van der Waals surface area contributed by atoms with Crippen LogP contribution in [0, 0.1) is 0 Å². The number of rotatable bonds is 3. The first kappa shape index (κ1) is 14.7. The number of carbonyl (C=O) groups excluding carboxylic acids is 1. The van der Waals surface area contributed by atoms with Gasteiger partial charge in [0.2, 0.25) is 15.9 Å². The standard InChI is InChI=1S/C11H21N3O4S/c1-19(16,17)14-4-2-12(3-5-14)10-11(15)13-6-8-18-9-7-13/h2-10H2,1H3. The predicted molar refractivity (Wildman–Crippen MR) is 70.3 cm³/mol. The van der Waals surface area contributed by atoms with Crippen molar-refractivity contribution in [1.82, 2.24) is 14.1 Å². The van der Waals surface area contributed by atoms with Gasteiger partial charge in [0.05, 0.1) is 26.0 Å². The van der Waals surface area contributed by atoms with Crippen LogP contribution in [0.25, 0.3) is 0 Å². The van der Waals surface area contributed by atoms with Gasteiger partial charge in [-0.25, -0.2) is 8.42 Å². The average molecular weight is 291 g/mol. The molecule has 0 N–H and O–H groups in total. The fraction of sp³-hybridized carbons (Fsp3) is 0.909. The van der Waals surface area contributed by atoms with Crippen LogP contribution in [0.1, 0.15) is 0 Å². The minimum Gasteiger partial charge on any atom is -0.378 e. The molecule has 0 atom stereocenters. The van der Waals surface area contributed by atoms with E-state index in [9.17, 15) is 13.2 Å². The van der Waals surface area contributed by atoms with Crippen molar-refractivity contribution in [2.45, 2.75) is 0 Å². The Bertz CT molecular complexity index is 412. The smallest absolute Gasteiger partial charge is 0.236 e. The molecule has 0 spiro atoms. The molecule has 110 valence electrons. The molecule has 1 amide bonds. The lowest BCUT2D eigenvalue weighted by atomic mass is 10.3. The van der Waals surface area contributed by atoms with Crippen LogP contribution in [0.2, 0.25) is 0 Å². The van der Waals surface area contributed by atoms with Crippen molar-refractivity contribution in [2.75, 3.05) is 65.3 Å². The molecular weight excluding hydrogens is 270 g/mol. The van der Waals surface area contributed by atoms with Gasteiger partial charge < -0.3 is 9.64 Å². The van der Waals surface area contributed by atoms with Crippen molar-refractivity contribution >= 4 is 15.9 Å². The molecule has 0 aromatic rings. The lowest BCUT2D eigenvalue weighted by Gasteiger charge is -2.34. The Kier molecular flexibility index (Phi) is 4.77. The van der Waals surface area contributed by atoms with E-state index >= 15 is 0 Å². The first-order valence-electron chi connectivity index (χ1n) is 6.50. The second-order valence-electron chi connectivity index (χ2n) is 4.93. The summed E-state index contributed by atoms with van der Waals surface area (Å²) in [6.45, 7) is 5.06. The van der Waals surface area contributed by atoms with Gasteiger partial charge in [-0.05, 0) is 0 Å². The number of amides is 1. The van der Waals surface area contributed by atoms with E-state index < -0.39 is 10.0 Å². The number of nitrogens with zero attached hydrogens (tertiary/aromatic N) is 3. The lowest BCUT2D eigenvalue weighted by Crippen LogP contribution is -2.52. The van der Waals surface area contributed by atoms with E-state index in [0.717, 1.165) is 0 Å². The summed E-state index contributed by atoms with van der Waals surface area (Å²) in [7, 11) is -3.10. The van der Waals surface area contributed by atoms with Crippen LogP contribution in [-0.2, 0) is 19.6 Å². The molecular formula is C11H21N3O4S. The highest BCUT2D eigenvalue weighted by Crippen LogP contribution is 2.07. The van der Waals surface area contributed by atoms with E-state index in [1.807, 2.05) is 9.80 Å². The predicted octanol–water partition coefficient (Wildman–Crippen LogP) is -1.58. The number of piperazine rings is 1. The third kappa shape index (κ3) is 4.13. The molecule has 0 bridgehead atoms. The zero-order valence-corrected chi connectivity index (χ0v) is 12.1. The molecule has 2 aliphatic rings. The van der Waals surface area contributed by atoms with Gasteiger partial charge in [0, 0.05) is 39.3 Å². The second kappa shape index (κ2) is 6.17. The van der Waals surface area contributed by atoms with E-state index in [0.29, 0.717) is 59.0 Å². The van der Waals surface area contributed by atoms with Crippen molar-refractivity contribution in [1.29, 1.82) is 0 Å². The third-order valence-corrected chi connectivity index (χ3v) is 4.83. The summed E-state index contributed by atoms with van der Waals surface area (Å²) in [5, 5.41) is 0. The molecule has 2 aliphatic heterocycles. The van der Waals surface area contributed by atoms with Gasteiger partial charge in [-0.2, -0.15) is 4.31 Å². The van der Waals surface area contributed by atoms with E-state index in [2.05, 4.69) is 0 Å². The summed E-state index contributed by atoms with van der Waals surface area (Å²) in [4.78, 5) is 15.9. The Labute approximate surface area is 114 Å². The number of hydrogen-bond donors (Lipinski definition) is 0. The summed E-state index contributed by atoms with van der Waals surface area (Å²) < 4.78 is 29.4. The van der Waals surface area contributed by atoms with Crippen LogP contribution in [0.3, 0.4) is 0 Å². The zero-order valence-electron chi connectivity index (χ0n) is 11.2. The summed E-state index contributed by atoms with van der Waals surface area (Å²) in [6.07, 6.45) is 1.22. The van der Waals surface area contributed by atoms with Crippen LogP contribution < -0.4 is 0 Å². The molecule has 0 aliphatic carbocycles. The molecule has 8 heteroatoms. The van der Waals surface area contributed by atoms with E-state index in [1.165, 1.54) is 10.6 Å². The Morgan fingerprint density at radius 2 is 1.63 bits per heavy atom. The molecule has 7 nitrogen and oxygen atoms in total. The fourth-order valence-electron chi connectivity index (χ4n) is 2.32. The van der Waals surface area contributed by atoms with Gasteiger partial charge in [-0.3, -0.25) is 9.69 Å². The van der Waals surface area contributed by atoms with Gasteiger partial charge in [0.15, 0.2) is 0 Å². The highest BCUT2D eigenvalue weighted by molar-refractivity contribution is 7.88. The number of sulfonamides is 1. The van der Waals surface area contributed by atoms with Gasteiger partial charge >= 0.3 is 0 Å². The van der Waals surface area contributed by atoms with Gasteiger partial charge in [0.25, 0.3) is 0 Å². The Morgan fingerprint density at radius 3 is 2.16 bits per heavy atom. The fourth-order valence-corrected chi connectivity index (χ4v) is 3.15. The Balaban J connectivity index is 1.77. The quantitative estimate of drug-likeness (QED) is 0.628. The minimum absolute atomic E-state index is 0.108. The number of hydrogen-bond acceptors (Lipinski definition) is 5. The van der Waals surface area contributed by atoms with Crippen molar-refractivity contribution in [3.8, 4) is 0 Å². The van der Waals surface area contributed by atoms with Gasteiger partial charge in [0.1, 0.15) is 0 Å². The summed E-state index contributed by atoms with van der Waals surface area (Å²) in [5.41, 5.74) is 0. The molecule has 0 saturated carbocycles. The maximum atomic E-state index is 12.0. The van der Waals surface area contributed by atoms with E-state index in [1.54, 1.807) is 0 Å². The summed E-state index contributed by atoms with van der Waals surface area (Å²) in [6, 6.07) is 0. The third-order valence-electron chi connectivity index (χ3n) is 3.52. The molecule has 0 aromatic heterocycles. The van der Waals surface area contributed by atoms with Crippen molar-refractivity contribution in [2.24, 2.45) is 0 Å². The monoisotopic (exact) mass is 291 g/mol. The van der Waals surface area contributed by atoms with Crippen LogP contribution in [0.15, 0.2) is 0 Å². The topological polar surface area (TPSA) is 70.2 Å². The number of morpholine rings is 1. The van der Waals surface area contributed by atoms with E-state index in [-0.39, 0.29) is 5.91 Å². The molecule has 2 heterocycles. The average Bonchev–Trinajstić information content (AvgIpc) is 2.39. The maximum Gasteiger partial charge on any atom is 0.236 e. The Morgan fingerprint density at radius 1 is 1.05 bits per heavy atom. The molecule has 0 radical (unpaired) electrons. The van der Waals surface area contributed by atoms with Crippen molar-refractivity contribution < 1.29 is 17.9 Å². The molecule has 2 saturated heterocycles. The minimum atomic E-state index is -3.10. The molecule has 0 aromatic carbocycles. The molecule has 0 unspecified atom stereocenters. The first-order chi connectivity index (χ1) is 8.97. The Hall–Kier alpha value is -0.700. The largest absolute Gasteiger partial charge is 0.378 e. The number of ether oxygens (including phenoxy) is 1. The maximum absolute atomic E-state index is 12.0. The highest BCUT2D eigenvalue weighted by atomic mass is 32.2. The van der Waals surface area contributed by atoms with Crippen molar-refractivity contribution in [3.05, 3.63) is 0 Å². The summed E-state index contributed by atoms with van der Waals surface area (Å²) >= 11 is 0.